The molecule has 1 fully saturated rings. The lowest BCUT2D eigenvalue weighted by Crippen LogP contribution is -2.45. The van der Waals surface area contributed by atoms with Gasteiger partial charge in [-0.15, -0.1) is 0 Å². The molecule has 1 aliphatic carbocycles. The van der Waals surface area contributed by atoms with Gasteiger partial charge in [0.2, 0.25) is 0 Å². The fraction of sp³-hybridized carbons (Fsp3) is 0.571. The standard InChI is InChI=1S/C14H17F4NO/c15-10-5-6-13(20)9(7-10)8-19-12-4-2-1-3-11(12)14(16,17)18/h5-7,11-12,19-20H,1-4,8H2. The summed E-state index contributed by atoms with van der Waals surface area (Å²) in [5.41, 5.74) is 0.275. The monoisotopic (exact) mass is 291 g/mol. The van der Waals surface area contributed by atoms with E-state index in [9.17, 15) is 22.7 Å². The molecule has 1 saturated carbocycles. The Kier molecular flexibility index (Phi) is 4.52. The molecule has 0 spiro atoms. The van der Waals surface area contributed by atoms with E-state index in [0.29, 0.717) is 12.8 Å². The number of aromatic hydroxyl groups is 1. The van der Waals surface area contributed by atoms with Gasteiger partial charge in [0.25, 0.3) is 0 Å². The Balaban J connectivity index is 2.03. The lowest BCUT2D eigenvalue weighted by atomic mass is 9.84. The summed E-state index contributed by atoms with van der Waals surface area (Å²) >= 11 is 0. The molecule has 0 radical (unpaired) electrons. The maximum absolute atomic E-state index is 13.1. The van der Waals surface area contributed by atoms with Crippen molar-refractivity contribution >= 4 is 0 Å². The molecule has 0 amide bonds. The van der Waals surface area contributed by atoms with Gasteiger partial charge in [0.05, 0.1) is 5.92 Å². The molecule has 112 valence electrons. The Labute approximate surface area is 114 Å². The van der Waals surface area contributed by atoms with Crippen LogP contribution in [0, 0.1) is 11.7 Å². The van der Waals surface area contributed by atoms with Crippen LogP contribution in [0.4, 0.5) is 17.6 Å². The molecule has 2 rings (SSSR count). The molecule has 2 atom stereocenters. The molecular weight excluding hydrogens is 274 g/mol. The smallest absolute Gasteiger partial charge is 0.393 e. The van der Waals surface area contributed by atoms with Crippen molar-refractivity contribution in [1.29, 1.82) is 0 Å². The molecule has 0 aromatic heterocycles. The van der Waals surface area contributed by atoms with Gasteiger partial charge in [0.15, 0.2) is 0 Å². The first kappa shape index (κ1) is 15.1. The van der Waals surface area contributed by atoms with Crippen LogP contribution in [0.1, 0.15) is 31.2 Å². The summed E-state index contributed by atoms with van der Waals surface area (Å²) in [6.07, 6.45) is -2.33. The zero-order valence-corrected chi connectivity index (χ0v) is 10.9. The van der Waals surface area contributed by atoms with Crippen LogP contribution in [-0.2, 0) is 6.54 Å². The van der Waals surface area contributed by atoms with Crippen LogP contribution in [0.15, 0.2) is 18.2 Å². The second-order valence-electron chi connectivity index (χ2n) is 5.19. The lowest BCUT2D eigenvalue weighted by molar-refractivity contribution is -0.189. The second-order valence-corrected chi connectivity index (χ2v) is 5.19. The minimum absolute atomic E-state index is 0.0286. The van der Waals surface area contributed by atoms with Crippen molar-refractivity contribution in [2.24, 2.45) is 5.92 Å². The fourth-order valence-electron chi connectivity index (χ4n) is 2.70. The van der Waals surface area contributed by atoms with Crippen LogP contribution in [0.25, 0.3) is 0 Å². The van der Waals surface area contributed by atoms with E-state index in [4.69, 9.17) is 0 Å². The van der Waals surface area contributed by atoms with Gasteiger partial charge < -0.3 is 10.4 Å². The van der Waals surface area contributed by atoms with Gasteiger partial charge in [-0.3, -0.25) is 0 Å². The molecule has 0 heterocycles. The quantitative estimate of drug-likeness (QED) is 0.831. The minimum Gasteiger partial charge on any atom is -0.508 e. The van der Waals surface area contributed by atoms with Crippen molar-refractivity contribution in [3.8, 4) is 5.75 Å². The third-order valence-electron chi connectivity index (χ3n) is 3.78. The highest BCUT2D eigenvalue weighted by Gasteiger charge is 2.45. The number of phenolic OH excluding ortho intramolecular Hbond substituents is 1. The Hall–Kier alpha value is -1.30. The number of hydrogen-bond donors (Lipinski definition) is 2. The third kappa shape index (κ3) is 3.62. The topological polar surface area (TPSA) is 32.3 Å². The van der Waals surface area contributed by atoms with Gasteiger partial charge in [-0.05, 0) is 31.0 Å². The van der Waals surface area contributed by atoms with Crippen LogP contribution in [0.3, 0.4) is 0 Å². The summed E-state index contributed by atoms with van der Waals surface area (Å²) in [5.74, 6) is -2.00. The molecule has 1 aliphatic rings. The lowest BCUT2D eigenvalue weighted by Gasteiger charge is -2.33. The van der Waals surface area contributed by atoms with Gasteiger partial charge in [-0.25, -0.2) is 4.39 Å². The van der Waals surface area contributed by atoms with Gasteiger partial charge >= 0.3 is 6.18 Å². The zero-order valence-electron chi connectivity index (χ0n) is 10.9. The van der Waals surface area contributed by atoms with E-state index >= 15 is 0 Å². The summed E-state index contributed by atoms with van der Waals surface area (Å²) in [6.45, 7) is 0.0286. The average Bonchev–Trinajstić information content (AvgIpc) is 2.39. The number of rotatable bonds is 3. The number of phenols is 1. The highest BCUT2D eigenvalue weighted by molar-refractivity contribution is 5.32. The van der Waals surface area contributed by atoms with E-state index in [-0.39, 0.29) is 24.3 Å². The SMILES string of the molecule is Oc1ccc(F)cc1CNC1CCCCC1C(F)(F)F. The highest BCUT2D eigenvalue weighted by Crippen LogP contribution is 2.37. The van der Waals surface area contributed by atoms with Crippen molar-refractivity contribution in [3.63, 3.8) is 0 Å². The van der Waals surface area contributed by atoms with Crippen LogP contribution < -0.4 is 5.32 Å². The van der Waals surface area contributed by atoms with E-state index in [2.05, 4.69) is 5.32 Å². The molecule has 6 heteroatoms. The number of nitrogens with one attached hydrogen (secondary N) is 1. The summed E-state index contributed by atoms with van der Waals surface area (Å²) in [5, 5.41) is 12.4. The summed E-state index contributed by atoms with van der Waals surface area (Å²) in [4.78, 5) is 0. The van der Waals surface area contributed by atoms with Gasteiger partial charge in [0.1, 0.15) is 11.6 Å². The molecule has 0 bridgehead atoms. The molecule has 1 aromatic carbocycles. The first-order chi connectivity index (χ1) is 9.38. The van der Waals surface area contributed by atoms with E-state index in [1.807, 2.05) is 0 Å². The maximum atomic E-state index is 13.1. The second kappa shape index (κ2) is 5.99. The molecule has 2 N–H and O–H groups in total. The van der Waals surface area contributed by atoms with Crippen LogP contribution in [0.2, 0.25) is 0 Å². The van der Waals surface area contributed by atoms with Crippen molar-refractivity contribution in [1.82, 2.24) is 5.32 Å². The molecule has 2 unspecified atom stereocenters. The van der Waals surface area contributed by atoms with Crippen LogP contribution in [-0.4, -0.2) is 17.3 Å². The normalized spacial score (nSPS) is 23.8. The van der Waals surface area contributed by atoms with Gasteiger partial charge in [-0.1, -0.05) is 12.8 Å². The maximum Gasteiger partial charge on any atom is 0.393 e. The van der Waals surface area contributed by atoms with Gasteiger partial charge in [-0.2, -0.15) is 13.2 Å². The van der Waals surface area contributed by atoms with Crippen molar-refractivity contribution in [2.45, 2.75) is 44.4 Å². The van der Waals surface area contributed by atoms with Crippen LogP contribution in [0.5, 0.6) is 5.75 Å². The number of alkyl halides is 3. The van der Waals surface area contributed by atoms with Crippen LogP contribution >= 0.6 is 0 Å². The Morgan fingerprint density at radius 1 is 1.20 bits per heavy atom. The minimum atomic E-state index is -4.22. The third-order valence-corrected chi connectivity index (χ3v) is 3.78. The van der Waals surface area contributed by atoms with Crippen molar-refractivity contribution in [3.05, 3.63) is 29.6 Å². The number of hydrogen-bond acceptors (Lipinski definition) is 2. The summed E-state index contributed by atoms with van der Waals surface area (Å²) in [7, 11) is 0. The van der Waals surface area contributed by atoms with Crippen molar-refractivity contribution in [2.75, 3.05) is 0 Å². The van der Waals surface area contributed by atoms with E-state index in [0.717, 1.165) is 18.6 Å². The number of benzene rings is 1. The Bertz CT molecular complexity index is 461. The van der Waals surface area contributed by atoms with E-state index in [1.54, 1.807) is 0 Å². The molecular formula is C14H17F4NO. The molecule has 2 nitrogen and oxygen atoms in total. The van der Waals surface area contributed by atoms with Gasteiger partial charge in [0, 0.05) is 18.2 Å². The molecule has 0 aliphatic heterocycles. The fourth-order valence-corrected chi connectivity index (χ4v) is 2.70. The molecule has 20 heavy (non-hydrogen) atoms. The number of halogens is 4. The Morgan fingerprint density at radius 3 is 2.60 bits per heavy atom. The zero-order chi connectivity index (χ0) is 14.8. The molecule has 1 aromatic rings. The van der Waals surface area contributed by atoms with E-state index < -0.39 is 24.0 Å². The molecule has 0 saturated heterocycles. The summed E-state index contributed by atoms with van der Waals surface area (Å²) in [6, 6.07) is 2.77. The van der Waals surface area contributed by atoms with Crippen molar-refractivity contribution < 1.29 is 22.7 Å². The Morgan fingerprint density at radius 2 is 1.90 bits per heavy atom. The first-order valence-electron chi connectivity index (χ1n) is 6.65. The predicted molar refractivity (Wildman–Crippen MR) is 66.7 cm³/mol. The highest BCUT2D eigenvalue weighted by atomic mass is 19.4. The first-order valence-corrected chi connectivity index (χ1v) is 6.65. The largest absolute Gasteiger partial charge is 0.508 e. The van der Waals surface area contributed by atoms with E-state index in [1.165, 1.54) is 6.07 Å². The summed E-state index contributed by atoms with van der Waals surface area (Å²) < 4.78 is 51.8. The predicted octanol–water partition coefficient (Wildman–Crippen LogP) is 3.74. The average molecular weight is 291 g/mol.